The molecule has 1 aromatic carbocycles. The van der Waals surface area contributed by atoms with Crippen LogP contribution in [0.2, 0.25) is 0 Å². The van der Waals surface area contributed by atoms with E-state index in [1.54, 1.807) is 0 Å². The zero-order valence-corrected chi connectivity index (χ0v) is 15.3. The third kappa shape index (κ3) is 6.04. The van der Waals surface area contributed by atoms with E-state index in [2.05, 4.69) is 37.2 Å². The van der Waals surface area contributed by atoms with Gasteiger partial charge in [-0.15, -0.1) is 0 Å². The first-order valence-electron chi connectivity index (χ1n) is 8.96. The van der Waals surface area contributed by atoms with Gasteiger partial charge in [0.25, 0.3) is 0 Å². The molecule has 1 N–H and O–H groups in total. The summed E-state index contributed by atoms with van der Waals surface area (Å²) in [5, 5.41) is 3.37. The molecule has 0 amide bonds. The highest BCUT2D eigenvalue weighted by molar-refractivity contribution is 5.79. The summed E-state index contributed by atoms with van der Waals surface area (Å²) in [7, 11) is 2.10. The van der Waals surface area contributed by atoms with Crippen LogP contribution in [-0.4, -0.2) is 57.4 Å². The maximum absolute atomic E-state index is 5.83. The number of guanidine groups is 1. The molecule has 1 atom stereocenters. The highest BCUT2D eigenvalue weighted by Crippen LogP contribution is 2.16. The molecule has 1 aliphatic heterocycles. The van der Waals surface area contributed by atoms with Gasteiger partial charge in [0.15, 0.2) is 5.96 Å². The third-order valence-electron chi connectivity index (χ3n) is 4.17. The fourth-order valence-corrected chi connectivity index (χ4v) is 2.82. The van der Waals surface area contributed by atoms with E-state index in [1.807, 2.05) is 18.2 Å². The van der Waals surface area contributed by atoms with Crippen molar-refractivity contribution in [3.63, 3.8) is 0 Å². The zero-order valence-electron chi connectivity index (χ0n) is 15.3. The minimum Gasteiger partial charge on any atom is -0.493 e. The van der Waals surface area contributed by atoms with Gasteiger partial charge in [0, 0.05) is 45.6 Å². The summed E-state index contributed by atoms with van der Waals surface area (Å²) >= 11 is 0. The minimum absolute atomic E-state index is 0.614. The molecule has 1 fully saturated rings. The average Bonchev–Trinajstić information content (AvgIpc) is 3.08. The lowest BCUT2D eigenvalue weighted by Crippen LogP contribution is -2.41. The molecule has 1 aliphatic rings. The predicted molar refractivity (Wildman–Crippen MR) is 98.8 cm³/mol. The van der Waals surface area contributed by atoms with Gasteiger partial charge < -0.3 is 19.7 Å². The van der Waals surface area contributed by atoms with E-state index in [0.29, 0.717) is 12.5 Å². The van der Waals surface area contributed by atoms with Crippen LogP contribution in [-0.2, 0) is 4.74 Å². The maximum Gasteiger partial charge on any atom is 0.193 e. The number of hydrogen-bond acceptors (Lipinski definition) is 3. The summed E-state index contributed by atoms with van der Waals surface area (Å²) in [6.07, 6.45) is 2.05. The quantitative estimate of drug-likeness (QED) is 0.451. The second kappa shape index (κ2) is 10.2. The van der Waals surface area contributed by atoms with Crippen molar-refractivity contribution in [1.82, 2.24) is 10.2 Å². The Balaban J connectivity index is 1.74. The van der Waals surface area contributed by atoms with Crippen LogP contribution in [0.25, 0.3) is 0 Å². The Morgan fingerprint density at radius 1 is 1.42 bits per heavy atom. The molecular formula is C19H31N3O2. The smallest absolute Gasteiger partial charge is 0.193 e. The number of aliphatic imine (C=N–C) groups is 1. The Kier molecular flexibility index (Phi) is 7.89. The number of nitrogens with zero attached hydrogens (tertiary/aromatic N) is 2. The topological polar surface area (TPSA) is 46.1 Å². The van der Waals surface area contributed by atoms with Crippen molar-refractivity contribution < 1.29 is 9.47 Å². The van der Waals surface area contributed by atoms with Crippen molar-refractivity contribution in [1.29, 1.82) is 0 Å². The van der Waals surface area contributed by atoms with Gasteiger partial charge in [-0.25, -0.2) is 0 Å². The molecule has 0 radical (unpaired) electrons. The van der Waals surface area contributed by atoms with Crippen molar-refractivity contribution in [3.05, 3.63) is 29.8 Å². The van der Waals surface area contributed by atoms with E-state index in [1.165, 1.54) is 5.56 Å². The van der Waals surface area contributed by atoms with Crippen molar-refractivity contribution in [2.24, 2.45) is 10.9 Å². The Labute approximate surface area is 146 Å². The molecule has 0 aliphatic carbocycles. The summed E-state index contributed by atoms with van der Waals surface area (Å²) in [5.41, 5.74) is 1.17. The Hall–Kier alpha value is -1.75. The van der Waals surface area contributed by atoms with Crippen LogP contribution in [0.4, 0.5) is 0 Å². The second-order valence-corrected chi connectivity index (χ2v) is 6.31. The minimum atomic E-state index is 0.614. The summed E-state index contributed by atoms with van der Waals surface area (Å²) < 4.78 is 11.3. The molecular weight excluding hydrogens is 302 g/mol. The standard InChI is InChI=1S/C19H31N3O2/c1-4-20-19(22(3)14-17-10-13-23-15-17)21-11-7-12-24-18-9-6-5-8-16(18)2/h5-6,8-9,17H,4,7,10-15H2,1-3H3,(H,20,21). The van der Waals surface area contributed by atoms with Gasteiger partial charge in [0.05, 0.1) is 13.2 Å². The van der Waals surface area contributed by atoms with Gasteiger partial charge in [0.2, 0.25) is 0 Å². The van der Waals surface area contributed by atoms with Crippen molar-refractivity contribution >= 4 is 5.96 Å². The summed E-state index contributed by atoms with van der Waals surface area (Å²) in [6, 6.07) is 8.12. The predicted octanol–water partition coefficient (Wildman–Crippen LogP) is 2.70. The van der Waals surface area contributed by atoms with E-state index in [-0.39, 0.29) is 0 Å². The molecule has 1 saturated heterocycles. The van der Waals surface area contributed by atoms with E-state index in [9.17, 15) is 0 Å². The molecule has 0 bridgehead atoms. The monoisotopic (exact) mass is 333 g/mol. The van der Waals surface area contributed by atoms with Crippen molar-refractivity contribution in [3.8, 4) is 5.75 Å². The molecule has 5 nitrogen and oxygen atoms in total. The second-order valence-electron chi connectivity index (χ2n) is 6.31. The van der Waals surface area contributed by atoms with E-state index < -0.39 is 0 Å². The Bertz CT molecular complexity index is 513. The van der Waals surface area contributed by atoms with Crippen LogP contribution in [0.3, 0.4) is 0 Å². The zero-order chi connectivity index (χ0) is 17.2. The van der Waals surface area contributed by atoms with Gasteiger partial charge in [-0.1, -0.05) is 18.2 Å². The van der Waals surface area contributed by atoms with E-state index in [4.69, 9.17) is 14.5 Å². The Morgan fingerprint density at radius 2 is 2.25 bits per heavy atom. The molecule has 1 unspecified atom stereocenters. The van der Waals surface area contributed by atoms with Crippen LogP contribution < -0.4 is 10.1 Å². The van der Waals surface area contributed by atoms with Gasteiger partial charge in [-0.3, -0.25) is 4.99 Å². The first-order chi connectivity index (χ1) is 11.7. The lowest BCUT2D eigenvalue weighted by molar-refractivity contribution is 0.181. The van der Waals surface area contributed by atoms with Crippen LogP contribution in [0.15, 0.2) is 29.3 Å². The highest BCUT2D eigenvalue weighted by atomic mass is 16.5. The SMILES string of the molecule is CCNC(=NCCCOc1ccccc1C)N(C)CC1CCOC1. The summed E-state index contributed by atoms with van der Waals surface area (Å²) in [6.45, 7) is 9.25. The van der Waals surface area contributed by atoms with Gasteiger partial charge in [-0.2, -0.15) is 0 Å². The number of para-hydroxylation sites is 1. The molecule has 0 spiro atoms. The molecule has 5 heteroatoms. The fourth-order valence-electron chi connectivity index (χ4n) is 2.82. The van der Waals surface area contributed by atoms with E-state index in [0.717, 1.165) is 57.4 Å². The third-order valence-corrected chi connectivity index (χ3v) is 4.17. The highest BCUT2D eigenvalue weighted by Gasteiger charge is 2.18. The van der Waals surface area contributed by atoms with Crippen molar-refractivity contribution in [2.75, 3.05) is 46.5 Å². The first-order valence-corrected chi connectivity index (χ1v) is 8.96. The molecule has 0 aromatic heterocycles. The van der Waals surface area contributed by atoms with Crippen LogP contribution in [0.1, 0.15) is 25.3 Å². The number of nitrogens with one attached hydrogen (secondary N) is 1. The molecule has 0 saturated carbocycles. The number of rotatable bonds is 8. The average molecular weight is 333 g/mol. The van der Waals surface area contributed by atoms with Crippen molar-refractivity contribution in [2.45, 2.75) is 26.7 Å². The lowest BCUT2D eigenvalue weighted by Gasteiger charge is -2.24. The fraction of sp³-hybridized carbons (Fsp3) is 0.632. The van der Waals surface area contributed by atoms with E-state index >= 15 is 0 Å². The lowest BCUT2D eigenvalue weighted by atomic mass is 10.1. The summed E-state index contributed by atoms with van der Waals surface area (Å²) in [4.78, 5) is 6.93. The largest absolute Gasteiger partial charge is 0.493 e. The molecule has 24 heavy (non-hydrogen) atoms. The number of benzene rings is 1. The number of ether oxygens (including phenoxy) is 2. The van der Waals surface area contributed by atoms with Crippen LogP contribution in [0, 0.1) is 12.8 Å². The Morgan fingerprint density at radius 3 is 2.96 bits per heavy atom. The van der Waals surface area contributed by atoms with Crippen LogP contribution in [0.5, 0.6) is 5.75 Å². The molecule has 1 aromatic rings. The van der Waals surface area contributed by atoms with Gasteiger partial charge in [0.1, 0.15) is 5.75 Å². The maximum atomic E-state index is 5.83. The summed E-state index contributed by atoms with van der Waals surface area (Å²) in [5.74, 6) is 2.55. The number of aryl methyl sites for hydroxylation is 1. The molecule has 134 valence electrons. The van der Waals surface area contributed by atoms with Gasteiger partial charge >= 0.3 is 0 Å². The number of hydrogen-bond donors (Lipinski definition) is 1. The first kappa shape index (κ1) is 18.6. The van der Waals surface area contributed by atoms with Gasteiger partial charge in [-0.05, 0) is 31.9 Å². The van der Waals surface area contributed by atoms with Crippen LogP contribution >= 0.6 is 0 Å². The normalized spacial score (nSPS) is 17.8. The molecule has 2 rings (SSSR count). The molecule has 1 heterocycles.